The number of nitrogens with one attached hydrogen (secondary N) is 1. The zero-order valence-corrected chi connectivity index (χ0v) is 36.9. The summed E-state index contributed by atoms with van der Waals surface area (Å²) < 4.78 is 22.2. The average molecular weight is 789 g/mol. The van der Waals surface area contributed by atoms with Crippen LogP contribution in [0.25, 0.3) is 0 Å². The van der Waals surface area contributed by atoms with Gasteiger partial charge in [-0.15, -0.1) is 0 Å². The van der Waals surface area contributed by atoms with Crippen molar-refractivity contribution in [1.29, 1.82) is 0 Å². The lowest BCUT2D eigenvalue weighted by Gasteiger charge is -2.25. The molecule has 0 heterocycles. The van der Waals surface area contributed by atoms with Crippen LogP contribution in [0.1, 0.15) is 251 Å². The van der Waals surface area contributed by atoms with Crippen LogP contribution in [0.5, 0.6) is 0 Å². The second-order valence-corrected chi connectivity index (χ2v) is 17.8. The van der Waals surface area contributed by atoms with E-state index in [0.29, 0.717) is 12.8 Å². The van der Waals surface area contributed by atoms with Crippen LogP contribution in [0.3, 0.4) is 0 Å². The first-order chi connectivity index (χ1) is 26.4. The predicted molar refractivity (Wildman–Crippen MR) is 231 cm³/mol. The lowest BCUT2D eigenvalue weighted by Crippen LogP contribution is -2.46. The van der Waals surface area contributed by atoms with E-state index in [2.05, 4.69) is 19.2 Å². The van der Waals surface area contributed by atoms with Gasteiger partial charge in [0.2, 0.25) is 5.91 Å². The van der Waals surface area contributed by atoms with Gasteiger partial charge in [-0.25, -0.2) is 4.57 Å². The van der Waals surface area contributed by atoms with Crippen LogP contribution < -0.4 is 11.1 Å². The Morgan fingerprint density at radius 3 is 1.19 bits per heavy atom. The third kappa shape index (κ3) is 39.7. The van der Waals surface area contributed by atoms with E-state index in [4.69, 9.17) is 14.8 Å². The fourth-order valence-electron chi connectivity index (χ4n) is 7.37. The predicted octanol–water partition coefficient (Wildman–Crippen LogP) is 13.4. The maximum atomic E-state index is 12.8. The van der Waals surface area contributed by atoms with E-state index in [0.717, 1.165) is 38.5 Å². The minimum absolute atomic E-state index is 0.0926. The van der Waals surface area contributed by atoms with E-state index >= 15 is 0 Å². The van der Waals surface area contributed by atoms with Crippen molar-refractivity contribution in [3.05, 3.63) is 0 Å². The summed E-state index contributed by atoms with van der Waals surface area (Å²) in [5, 5.41) is 13.8. The monoisotopic (exact) mass is 789 g/mol. The largest absolute Gasteiger partial charge is 0.472 e. The van der Waals surface area contributed by atoms with Gasteiger partial charge in [-0.2, -0.15) is 0 Å². The molecule has 0 aromatic carbocycles. The van der Waals surface area contributed by atoms with Gasteiger partial charge in [-0.05, 0) is 12.8 Å². The molecule has 0 radical (unpaired) electrons. The fraction of sp³-hybridized carbons (Fsp3) is 0.978. The van der Waals surface area contributed by atoms with Crippen LogP contribution in [0, 0.1) is 0 Å². The molecule has 0 aromatic heterocycles. The number of phosphoric acid groups is 1. The number of nitrogens with two attached hydrogens (primary N) is 1. The summed E-state index contributed by atoms with van der Waals surface area (Å²) in [5.41, 5.74) is 5.39. The molecule has 0 bridgehead atoms. The van der Waals surface area contributed by atoms with Crippen molar-refractivity contribution in [2.45, 2.75) is 264 Å². The van der Waals surface area contributed by atoms with Crippen molar-refractivity contribution in [2.24, 2.45) is 5.73 Å². The van der Waals surface area contributed by atoms with Gasteiger partial charge in [0.25, 0.3) is 0 Å². The Labute approximate surface area is 335 Å². The van der Waals surface area contributed by atoms with Gasteiger partial charge in [0.15, 0.2) is 0 Å². The molecule has 3 atom stereocenters. The molecule has 0 aliphatic heterocycles. The molecule has 0 aliphatic rings. The van der Waals surface area contributed by atoms with Crippen molar-refractivity contribution in [3.8, 4) is 0 Å². The molecule has 8 nitrogen and oxygen atoms in total. The molecule has 5 N–H and O–H groups in total. The Morgan fingerprint density at radius 2 is 0.852 bits per heavy atom. The second kappa shape index (κ2) is 42.1. The van der Waals surface area contributed by atoms with Gasteiger partial charge in [-0.1, -0.05) is 232 Å². The van der Waals surface area contributed by atoms with Gasteiger partial charge in [0, 0.05) is 13.0 Å². The quantitative estimate of drug-likeness (QED) is 0.0357. The summed E-state index contributed by atoms with van der Waals surface area (Å²) in [5.74, 6) is -0.156. The van der Waals surface area contributed by atoms with Crippen LogP contribution in [-0.4, -0.2) is 47.8 Å². The molecule has 0 spiro atoms. The van der Waals surface area contributed by atoms with E-state index in [-0.39, 0.29) is 25.7 Å². The SMILES string of the molecule is CCCCCCCCCCCCCCCCCCCCCCCC(O)C(COP(=O)(O)OCCN)NC(=O)CCCCCCCCCCCCCCCC. The molecule has 0 aromatic rings. The Balaban J connectivity index is 4.04. The summed E-state index contributed by atoms with van der Waals surface area (Å²) in [6, 6.07) is -0.767. The molecule has 1 amide bonds. The highest BCUT2D eigenvalue weighted by Gasteiger charge is 2.27. The van der Waals surface area contributed by atoms with Crippen molar-refractivity contribution >= 4 is 13.7 Å². The van der Waals surface area contributed by atoms with Crippen LogP contribution >= 0.6 is 7.82 Å². The molecule has 0 fully saturated rings. The summed E-state index contributed by atoms with van der Waals surface area (Å²) in [6.45, 7) is 4.25. The third-order valence-corrected chi connectivity index (χ3v) is 11.9. The number of hydrogen-bond donors (Lipinski definition) is 4. The van der Waals surface area contributed by atoms with Crippen molar-refractivity contribution in [3.63, 3.8) is 0 Å². The van der Waals surface area contributed by atoms with E-state index in [1.807, 2.05) is 0 Å². The Kier molecular flexibility index (Phi) is 41.7. The number of amides is 1. The van der Waals surface area contributed by atoms with Gasteiger partial charge < -0.3 is 21.1 Å². The van der Waals surface area contributed by atoms with Crippen molar-refractivity contribution in [2.75, 3.05) is 19.8 Å². The number of phosphoric ester groups is 1. The molecular formula is C45H93N2O6P. The first kappa shape index (κ1) is 53.5. The molecule has 0 rings (SSSR count). The van der Waals surface area contributed by atoms with Crippen LogP contribution in [0.15, 0.2) is 0 Å². The standard InChI is InChI=1S/C45H93N2O6P/c1-3-5-7-9-11-13-15-17-19-20-21-22-23-24-25-26-28-30-32-34-36-38-44(48)43(42-53-54(50,51)52-41-40-46)47-45(49)39-37-35-33-31-29-27-18-16-14-12-10-8-6-4-2/h43-44,48H,3-42,46H2,1-2H3,(H,47,49)(H,50,51). The maximum absolute atomic E-state index is 12.8. The zero-order chi connectivity index (χ0) is 39.6. The van der Waals surface area contributed by atoms with Gasteiger partial charge >= 0.3 is 7.82 Å². The summed E-state index contributed by atoms with van der Waals surface area (Å²) in [7, 11) is -4.31. The van der Waals surface area contributed by atoms with Crippen molar-refractivity contribution in [1.82, 2.24) is 5.32 Å². The first-order valence-corrected chi connectivity index (χ1v) is 25.1. The number of hydrogen-bond acceptors (Lipinski definition) is 6. The number of aliphatic hydroxyl groups is 1. The molecule has 9 heteroatoms. The smallest absolute Gasteiger partial charge is 0.391 e. The molecule has 54 heavy (non-hydrogen) atoms. The lowest BCUT2D eigenvalue weighted by atomic mass is 10.0. The Morgan fingerprint density at radius 1 is 0.537 bits per heavy atom. The highest BCUT2D eigenvalue weighted by Crippen LogP contribution is 2.43. The molecule has 324 valence electrons. The highest BCUT2D eigenvalue weighted by atomic mass is 31.2. The van der Waals surface area contributed by atoms with E-state index in [1.54, 1.807) is 0 Å². The third-order valence-electron chi connectivity index (χ3n) is 11.0. The van der Waals surface area contributed by atoms with E-state index in [9.17, 15) is 19.4 Å². The van der Waals surface area contributed by atoms with E-state index < -0.39 is 20.0 Å². The van der Waals surface area contributed by atoms with Crippen LogP contribution in [-0.2, 0) is 18.4 Å². The molecule has 0 aliphatic carbocycles. The number of carbonyl (C=O) groups excluding carboxylic acids is 1. The molecule has 0 saturated carbocycles. The van der Waals surface area contributed by atoms with Crippen LogP contribution in [0.2, 0.25) is 0 Å². The Hall–Kier alpha value is -0.500. The highest BCUT2D eigenvalue weighted by molar-refractivity contribution is 7.47. The molecule has 0 saturated heterocycles. The normalized spacial score (nSPS) is 13.9. The summed E-state index contributed by atoms with van der Waals surface area (Å²) in [4.78, 5) is 22.8. The van der Waals surface area contributed by atoms with Crippen LogP contribution in [0.4, 0.5) is 0 Å². The Bertz CT molecular complexity index is 819. The summed E-state index contributed by atoms with van der Waals surface area (Å²) >= 11 is 0. The minimum atomic E-state index is -4.31. The first-order valence-electron chi connectivity index (χ1n) is 23.7. The van der Waals surface area contributed by atoms with Gasteiger partial charge in [-0.3, -0.25) is 13.8 Å². The molecular weight excluding hydrogens is 695 g/mol. The number of rotatable bonds is 45. The number of unbranched alkanes of at least 4 members (excludes halogenated alkanes) is 33. The van der Waals surface area contributed by atoms with Gasteiger partial charge in [0.05, 0.1) is 25.4 Å². The lowest BCUT2D eigenvalue weighted by molar-refractivity contribution is -0.123. The summed E-state index contributed by atoms with van der Waals surface area (Å²) in [6.07, 6.45) is 45.4. The average Bonchev–Trinajstić information content (AvgIpc) is 3.16. The fourth-order valence-corrected chi connectivity index (χ4v) is 8.13. The van der Waals surface area contributed by atoms with Gasteiger partial charge in [0.1, 0.15) is 0 Å². The minimum Gasteiger partial charge on any atom is -0.391 e. The zero-order valence-electron chi connectivity index (χ0n) is 36.0. The topological polar surface area (TPSA) is 131 Å². The van der Waals surface area contributed by atoms with Crippen molar-refractivity contribution < 1.29 is 28.4 Å². The molecule has 3 unspecified atom stereocenters. The maximum Gasteiger partial charge on any atom is 0.472 e. The second-order valence-electron chi connectivity index (χ2n) is 16.3. The number of aliphatic hydroxyl groups excluding tert-OH is 1. The van der Waals surface area contributed by atoms with E-state index in [1.165, 1.54) is 186 Å². The number of carbonyl (C=O) groups is 1.